The lowest BCUT2D eigenvalue weighted by Crippen LogP contribution is -2.95. The Kier molecular flexibility index (Phi) is 10.3. The number of imide groups is 2. The number of fused-ring (bicyclic) bond motifs is 2. The molecule has 0 radical (unpaired) electrons. The highest BCUT2D eigenvalue weighted by atomic mass is 28.6. The lowest BCUT2D eigenvalue weighted by atomic mass is 9.86. The van der Waals surface area contributed by atoms with Gasteiger partial charge in [-0.1, -0.05) is 36.4 Å². The van der Waals surface area contributed by atoms with Crippen LogP contribution in [0.25, 0.3) is 0 Å². The van der Waals surface area contributed by atoms with Gasteiger partial charge in [0.2, 0.25) is 23.6 Å². The molecule has 8 unspecified atom stereocenters. The first-order valence-corrected chi connectivity index (χ1v) is 34.7. The number of nitrogens with two attached hydrogens (primary N) is 7. The maximum absolute atomic E-state index is 14.4. The molecule has 4 amide bonds. The summed E-state index contributed by atoms with van der Waals surface area (Å²) in [7, 11) is -37.8. The number of carbonyl (C=O) groups excluding carboxylic acids is 4. The molecular formula is C30H47N9O16Si8. The van der Waals surface area contributed by atoms with Crippen molar-refractivity contribution >= 4 is 101 Å². The maximum atomic E-state index is 14.4. The molecule has 10 aliphatic rings. The largest absolute Gasteiger partial charge is 0.574 e. The Labute approximate surface area is 369 Å². The molecule has 11 rings (SSSR count). The number of hydrogen-bond donors (Lipinski definition) is 7. The molecule has 2 saturated carbocycles. The van der Waals surface area contributed by atoms with E-state index in [0.717, 1.165) is 10.5 Å². The molecule has 8 aliphatic heterocycles. The molecule has 8 saturated heterocycles. The minimum Gasteiger partial charge on any atom is -0.360 e. The smallest absolute Gasteiger partial charge is 0.360 e. The first-order valence-electron chi connectivity index (χ1n) is 20.1. The zero-order valence-corrected chi connectivity index (χ0v) is 41.7. The van der Waals surface area contributed by atoms with Crippen LogP contribution in [0.4, 0.5) is 5.69 Å². The average Bonchev–Trinajstić information content (AvgIpc) is 3.82. The van der Waals surface area contributed by atoms with Crippen LogP contribution in [-0.4, -0.2) is 107 Å². The summed E-state index contributed by atoms with van der Waals surface area (Å²) in [5, 5.41) is 45.5. The van der Waals surface area contributed by atoms with E-state index in [1.807, 2.05) is 37.3 Å². The van der Waals surface area contributed by atoms with E-state index in [9.17, 15) is 19.2 Å². The number of carbonyl (C=O) groups is 4. The monoisotopic (exact) mass is 1010 g/mol. The van der Waals surface area contributed by atoms with Crippen LogP contribution in [0.3, 0.4) is 0 Å². The number of likely N-dealkylation sites (tertiary alicyclic amines) is 1. The highest BCUT2D eigenvalue weighted by Crippen LogP contribution is 2.52. The van der Waals surface area contributed by atoms with Gasteiger partial charge in [0.15, 0.2) is 0 Å². The first-order chi connectivity index (χ1) is 29.4. The molecule has 0 aromatic heterocycles. The van der Waals surface area contributed by atoms with Crippen LogP contribution >= 0.6 is 0 Å². The molecule has 2 aliphatic carbocycles. The van der Waals surface area contributed by atoms with Crippen molar-refractivity contribution in [2.45, 2.75) is 32.2 Å². The molecule has 8 atom stereocenters. The van der Waals surface area contributed by atoms with Gasteiger partial charge in [0.25, 0.3) is 0 Å². The van der Waals surface area contributed by atoms with Gasteiger partial charge in [-0.2, -0.15) is 0 Å². The van der Waals surface area contributed by atoms with Crippen molar-refractivity contribution in [3.8, 4) is 0 Å². The van der Waals surface area contributed by atoms with Crippen molar-refractivity contribution in [3.05, 3.63) is 67.3 Å². The summed E-state index contributed by atoms with van der Waals surface area (Å²) in [5.41, 5.74) is 1.45. The fourth-order valence-corrected chi connectivity index (χ4v) is 44.7. The van der Waals surface area contributed by atoms with Crippen LogP contribution in [0.15, 0.2) is 61.7 Å². The van der Waals surface area contributed by atoms with Crippen molar-refractivity contribution in [3.63, 3.8) is 0 Å². The third kappa shape index (κ3) is 7.42. The Hall–Kier alpha value is -2.30. The van der Waals surface area contributed by atoms with E-state index < -0.39 is 107 Å². The van der Waals surface area contributed by atoms with E-state index in [1.165, 1.54) is 4.90 Å². The summed E-state index contributed by atoms with van der Waals surface area (Å²) < 4.78 is 72.1. The van der Waals surface area contributed by atoms with E-state index in [4.69, 9.17) is 87.2 Å². The zero-order chi connectivity index (χ0) is 44.9. The predicted molar refractivity (Wildman–Crippen MR) is 225 cm³/mol. The maximum Gasteiger partial charge on any atom is 0.574 e. The third-order valence-corrected chi connectivity index (χ3v) is 41.2. The zero-order valence-electron chi connectivity index (χ0n) is 33.7. The minimum atomic E-state index is -4.78. The standard InChI is InChI=1S/C30H47N9O16Si8/c1-4-18-15-20(10-11-21-16-19(5-2)24-26(21)30(43)39(29(24)42)22-9-6-8-17(3)14-22)25-23(18)27(40)38(28(25)41)12-7-13-56-44-57(31)47-60(34)49-58(32,45-56)51-62(36)52-59(33,46-56)50-61(35,48-57)54-63(37,53-60)55-62/h4-6,8-11,14,18-21,23-26H,1-2,7,12-13,15-16,31-37H2,3H3/b11-10+. The molecule has 33 heteroatoms. The summed E-state index contributed by atoms with van der Waals surface area (Å²) in [4.78, 5) is 58.8. The molecule has 1 aromatic carbocycles. The highest BCUT2D eigenvalue weighted by molar-refractivity contribution is 7.00. The second kappa shape index (κ2) is 14.6. The number of amides is 4. The Balaban J connectivity index is 0.892. The summed E-state index contributed by atoms with van der Waals surface area (Å²) in [6.45, 7) is 9.69. The van der Waals surface area contributed by atoms with E-state index in [-0.39, 0.29) is 54.5 Å². The molecule has 340 valence electrons. The Morgan fingerprint density at radius 3 is 1.33 bits per heavy atom. The van der Waals surface area contributed by atoms with Crippen LogP contribution in [0.5, 0.6) is 0 Å². The topological polar surface area (TPSA) is 368 Å². The van der Waals surface area contributed by atoms with E-state index in [2.05, 4.69) is 13.2 Å². The summed E-state index contributed by atoms with van der Waals surface area (Å²) >= 11 is 0. The van der Waals surface area contributed by atoms with E-state index >= 15 is 0 Å². The van der Waals surface area contributed by atoms with Gasteiger partial charge < -0.3 is 49.4 Å². The van der Waals surface area contributed by atoms with E-state index in [0.29, 0.717) is 18.5 Å². The fraction of sp³-hybridized carbons (Fsp3) is 0.467. The van der Waals surface area contributed by atoms with Crippen LogP contribution < -0.4 is 42.7 Å². The number of anilines is 1. The number of rotatable bonds is 9. The second-order valence-corrected chi connectivity index (χ2v) is 37.1. The first kappa shape index (κ1) is 44.5. The molecule has 25 nitrogen and oxygen atoms in total. The molecule has 10 fully saturated rings. The van der Waals surface area contributed by atoms with Gasteiger partial charge in [0, 0.05) is 12.6 Å². The van der Waals surface area contributed by atoms with Crippen LogP contribution in [0.1, 0.15) is 24.8 Å². The van der Waals surface area contributed by atoms with Crippen molar-refractivity contribution < 1.29 is 68.6 Å². The number of hydrogen-bond acceptors (Lipinski definition) is 23. The molecular weight excluding hydrogens is 967 g/mol. The van der Waals surface area contributed by atoms with Gasteiger partial charge in [-0.25, -0.2) is 0 Å². The van der Waals surface area contributed by atoms with E-state index in [1.54, 1.807) is 18.2 Å². The molecule has 14 N–H and O–H groups in total. The van der Waals surface area contributed by atoms with Gasteiger partial charge in [-0.05, 0) is 67.6 Å². The van der Waals surface area contributed by atoms with Crippen molar-refractivity contribution in [2.24, 2.45) is 85.1 Å². The number of allylic oxidation sites excluding steroid dienone is 4. The van der Waals surface area contributed by atoms with Gasteiger partial charge in [-0.3, -0.25) is 66.8 Å². The van der Waals surface area contributed by atoms with Gasteiger partial charge in [0.1, 0.15) is 0 Å². The van der Waals surface area contributed by atoms with Gasteiger partial charge in [-0.15, -0.1) is 13.2 Å². The number of aryl methyl sites for hydroxylation is 1. The Morgan fingerprint density at radius 2 is 0.937 bits per heavy atom. The summed E-state index contributed by atoms with van der Waals surface area (Å²) in [6.07, 6.45) is 8.24. The van der Waals surface area contributed by atoms with Crippen molar-refractivity contribution in [1.29, 1.82) is 0 Å². The normalized spacial score (nSPS) is 49.8. The summed E-state index contributed by atoms with van der Waals surface area (Å²) in [6, 6.07) is 6.99. The van der Waals surface area contributed by atoms with Crippen molar-refractivity contribution in [1.82, 2.24) is 4.90 Å². The van der Waals surface area contributed by atoms with Crippen LogP contribution in [0, 0.1) is 54.3 Å². The Bertz CT molecular complexity index is 2150. The number of nitrogens with zero attached hydrogens (tertiary/aromatic N) is 2. The summed E-state index contributed by atoms with van der Waals surface area (Å²) in [5.74, 6) is -5.17. The van der Waals surface area contributed by atoms with Crippen LogP contribution in [-0.2, 0) is 68.6 Å². The second-order valence-electron chi connectivity index (χ2n) is 17.0. The van der Waals surface area contributed by atoms with Crippen LogP contribution in [0.2, 0.25) is 6.04 Å². The van der Waals surface area contributed by atoms with Gasteiger partial charge in [0.05, 0.1) is 29.4 Å². The SMILES string of the molecule is C=CC1CC(/C=C/C2CC(C=C)C3C(=O)N(c4cccc(C)c4)C(=O)C23)C2C(=O)N(CCC[Si]34O[Si]5(N)O[Si]6(N)O[Si]7(N)O[Si](N)(O5)O[Si](N)(O[Si](N)(O7)O[Si](N)(O6)O3)O4)C(=O)C12. The van der Waals surface area contributed by atoms with Crippen molar-refractivity contribution in [2.75, 3.05) is 11.4 Å². The molecule has 63 heavy (non-hydrogen) atoms. The molecule has 1 aromatic rings. The van der Waals surface area contributed by atoms with Gasteiger partial charge >= 0.3 is 71.6 Å². The third-order valence-electron chi connectivity index (χ3n) is 12.6. The number of benzene rings is 1. The molecule has 8 heterocycles. The highest BCUT2D eigenvalue weighted by Gasteiger charge is 2.83. The molecule has 8 bridgehead atoms. The lowest BCUT2D eigenvalue weighted by molar-refractivity contribution is -0.141. The minimum absolute atomic E-state index is 0.0482. The Morgan fingerprint density at radius 1 is 0.571 bits per heavy atom. The lowest BCUT2D eigenvalue weighted by Gasteiger charge is -2.57. The predicted octanol–water partition coefficient (Wildman–Crippen LogP) is -3.74. The fourth-order valence-electron chi connectivity index (χ4n) is 10.5. The molecule has 0 spiro atoms. The quantitative estimate of drug-likeness (QED) is 0.0710. The average molecular weight is 1010 g/mol.